The average Bonchev–Trinajstić information content (AvgIpc) is 1.82. The minimum Gasteiger partial charge on any atom is -0.243 e. The van der Waals surface area contributed by atoms with Crippen molar-refractivity contribution in [1.82, 2.24) is 0 Å². The molecule has 0 saturated heterocycles. The van der Waals surface area contributed by atoms with Gasteiger partial charge in [-0.25, -0.2) is 12.8 Å². The molecule has 0 radical (unpaired) electrons. The summed E-state index contributed by atoms with van der Waals surface area (Å²) in [5.74, 6) is 0. The monoisotopic (exact) mass is 254 g/mol. The Hall–Kier alpha value is -0.160. The highest BCUT2D eigenvalue weighted by Crippen LogP contribution is 2.26. The van der Waals surface area contributed by atoms with Gasteiger partial charge in [0, 0.05) is 22.1 Å². The van der Waals surface area contributed by atoms with Gasteiger partial charge < -0.3 is 0 Å². The lowest BCUT2D eigenvalue weighted by Gasteiger charge is -2.11. The standard InChI is InChI=1S/C7H8BrFO2S/c1-12(10,11)7-3-5(8)2-6(9)4-7/h2-3,6H,4H2,1H3. The molecule has 12 heavy (non-hydrogen) atoms. The number of hydrogen-bond acceptors (Lipinski definition) is 2. The topological polar surface area (TPSA) is 34.1 Å². The second kappa shape index (κ2) is 3.30. The lowest BCUT2D eigenvalue weighted by Crippen LogP contribution is -2.10. The maximum atomic E-state index is 12.8. The van der Waals surface area contributed by atoms with Crippen molar-refractivity contribution in [3.05, 3.63) is 21.5 Å². The van der Waals surface area contributed by atoms with E-state index in [2.05, 4.69) is 15.9 Å². The maximum absolute atomic E-state index is 12.8. The zero-order valence-corrected chi connectivity index (χ0v) is 8.82. The van der Waals surface area contributed by atoms with Gasteiger partial charge in [0.2, 0.25) is 0 Å². The number of alkyl halides is 1. The molecular formula is C7H8BrFO2S. The zero-order valence-electron chi connectivity index (χ0n) is 6.42. The van der Waals surface area contributed by atoms with Gasteiger partial charge in [-0.1, -0.05) is 15.9 Å². The van der Waals surface area contributed by atoms with Crippen molar-refractivity contribution in [1.29, 1.82) is 0 Å². The van der Waals surface area contributed by atoms with E-state index in [0.29, 0.717) is 4.48 Å². The predicted molar refractivity (Wildman–Crippen MR) is 49.4 cm³/mol. The highest BCUT2D eigenvalue weighted by atomic mass is 79.9. The summed E-state index contributed by atoms with van der Waals surface area (Å²) in [4.78, 5) is 0.143. The van der Waals surface area contributed by atoms with Crippen LogP contribution in [0.1, 0.15) is 6.42 Å². The van der Waals surface area contributed by atoms with Crippen LogP contribution in [0.3, 0.4) is 0 Å². The summed E-state index contributed by atoms with van der Waals surface area (Å²) in [6.45, 7) is 0. The van der Waals surface area contributed by atoms with Gasteiger partial charge >= 0.3 is 0 Å². The van der Waals surface area contributed by atoms with Crippen molar-refractivity contribution in [2.75, 3.05) is 6.26 Å². The van der Waals surface area contributed by atoms with E-state index < -0.39 is 16.0 Å². The van der Waals surface area contributed by atoms with E-state index in [-0.39, 0.29) is 11.3 Å². The van der Waals surface area contributed by atoms with E-state index in [1.54, 1.807) is 0 Å². The number of halogens is 2. The van der Waals surface area contributed by atoms with Crippen LogP contribution in [0.5, 0.6) is 0 Å². The zero-order chi connectivity index (χ0) is 9.35. The molecule has 0 aromatic heterocycles. The van der Waals surface area contributed by atoms with Gasteiger partial charge in [0.1, 0.15) is 6.17 Å². The second-order valence-corrected chi connectivity index (χ2v) is 5.64. The van der Waals surface area contributed by atoms with Crippen LogP contribution in [0.2, 0.25) is 0 Å². The minimum atomic E-state index is -3.24. The molecule has 0 fully saturated rings. The first-order chi connectivity index (χ1) is 5.39. The Morgan fingerprint density at radius 2 is 2.25 bits per heavy atom. The Bertz CT molecular complexity index is 342. The Morgan fingerprint density at radius 3 is 2.67 bits per heavy atom. The van der Waals surface area contributed by atoms with Crippen LogP contribution >= 0.6 is 15.9 Å². The first-order valence-corrected chi connectivity index (χ1v) is 6.00. The normalized spacial score (nSPS) is 24.8. The maximum Gasteiger partial charge on any atom is 0.171 e. The number of rotatable bonds is 1. The summed E-state index contributed by atoms with van der Waals surface area (Å²) in [6.07, 6.45) is 2.61. The predicted octanol–water partition coefficient (Wildman–Crippen LogP) is 1.94. The number of allylic oxidation sites excluding steroid dienone is 4. The Balaban J connectivity index is 3.04. The number of sulfone groups is 1. The van der Waals surface area contributed by atoms with Crippen LogP contribution in [0.15, 0.2) is 21.5 Å². The van der Waals surface area contributed by atoms with Crippen molar-refractivity contribution in [2.24, 2.45) is 0 Å². The molecule has 0 heterocycles. The first-order valence-electron chi connectivity index (χ1n) is 3.31. The summed E-state index contributed by atoms with van der Waals surface area (Å²) in [6, 6.07) is 0. The van der Waals surface area contributed by atoms with E-state index in [1.807, 2.05) is 0 Å². The molecule has 1 aliphatic carbocycles. The smallest absolute Gasteiger partial charge is 0.171 e. The van der Waals surface area contributed by atoms with Crippen molar-refractivity contribution in [3.8, 4) is 0 Å². The van der Waals surface area contributed by atoms with Crippen molar-refractivity contribution >= 4 is 25.8 Å². The molecule has 1 rings (SSSR count). The van der Waals surface area contributed by atoms with Gasteiger partial charge in [0.15, 0.2) is 9.84 Å². The highest BCUT2D eigenvalue weighted by Gasteiger charge is 2.20. The van der Waals surface area contributed by atoms with Gasteiger partial charge in [-0.15, -0.1) is 0 Å². The molecule has 0 bridgehead atoms. The Morgan fingerprint density at radius 1 is 1.67 bits per heavy atom. The molecule has 5 heteroatoms. The van der Waals surface area contributed by atoms with Crippen molar-refractivity contribution in [2.45, 2.75) is 12.6 Å². The molecule has 1 aliphatic rings. The van der Waals surface area contributed by atoms with Gasteiger partial charge in [0.05, 0.1) is 0 Å². The lowest BCUT2D eigenvalue weighted by molar-refractivity contribution is 0.398. The average molecular weight is 255 g/mol. The molecule has 68 valence electrons. The van der Waals surface area contributed by atoms with E-state index >= 15 is 0 Å². The van der Waals surface area contributed by atoms with Crippen LogP contribution in [0.4, 0.5) is 4.39 Å². The van der Waals surface area contributed by atoms with Crippen LogP contribution in [-0.2, 0) is 9.84 Å². The van der Waals surface area contributed by atoms with E-state index in [9.17, 15) is 12.8 Å². The molecule has 0 aromatic carbocycles. The summed E-state index contributed by atoms with van der Waals surface area (Å²) in [5.41, 5.74) is 0. The Labute approximate surface area is 79.2 Å². The van der Waals surface area contributed by atoms with E-state index in [1.165, 1.54) is 12.2 Å². The molecule has 0 amide bonds. The van der Waals surface area contributed by atoms with Gasteiger partial charge in [-0.05, 0) is 12.2 Å². The fourth-order valence-corrected chi connectivity index (χ4v) is 2.46. The highest BCUT2D eigenvalue weighted by molar-refractivity contribution is 9.11. The molecule has 0 N–H and O–H groups in total. The van der Waals surface area contributed by atoms with Gasteiger partial charge in [-0.3, -0.25) is 0 Å². The van der Waals surface area contributed by atoms with Crippen LogP contribution < -0.4 is 0 Å². The molecule has 0 saturated carbocycles. The molecule has 1 atom stereocenters. The van der Waals surface area contributed by atoms with Crippen LogP contribution in [0.25, 0.3) is 0 Å². The van der Waals surface area contributed by atoms with Crippen LogP contribution in [0, 0.1) is 0 Å². The molecule has 2 nitrogen and oxygen atoms in total. The van der Waals surface area contributed by atoms with Gasteiger partial charge in [0.25, 0.3) is 0 Å². The SMILES string of the molecule is CS(=O)(=O)C1=CC(Br)=CC(F)C1. The summed E-state index contributed by atoms with van der Waals surface area (Å²) >= 11 is 3.04. The molecular weight excluding hydrogens is 247 g/mol. The summed E-state index contributed by atoms with van der Waals surface area (Å²) in [5, 5.41) is 0. The van der Waals surface area contributed by atoms with Crippen molar-refractivity contribution < 1.29 is 12.8 Å². The third-order valence-corrected chi connectivity index (χ3v) is 3.24. The lowest BCUT2D eigenvalue weighted by atomic mass is 10.2. The number of hydrogen-bond donors (Lipinski definition) is 0. The molecule has 0 spiro atoms. The fourth-order valence-electron chi connectivity index (χ4n) is 0.943. The third-order valence-electron chi connectivity index (χ3n) is 1.51. The Kier molecular flexibility index (Phi) is 2.73. The summed E-state index contributed by atoms with van der Waals surface area (Å²) in [7, 11) is -3.24. The third kappa shape index (κ3) is 2.42. The quantitative estimate of drug-likeness (QED) is 0.717. The first kappa shape index (κ1) is 9.92. The largest absolute Gasteiger partial charge is 0.243 e. The molecule has 0 aromatic rings. The molecule has 0 aliphatic heterocycles. The second-order valence-electron chi connectivity index (χ2n) is 2.65. The van der Waals surface area contributed by atoms with Gasteiger partial charge in [-0.2, -0.15) is 0 Å². The summed E-state index contributed by atoms with van der Waals surface area (Å²) < 4.78 is 35.3. The van der Waals surface area contributed by atoms with Crippen molar-refractivity contribution in [3.63, 3.8) is 0 Å². The van der Waals surface area contributed by atoms with E-state index in [4.69, 9.17) is 0 Å². The fraction of sp³-hybridized carbons (Fsp3) is 0.429. The minimum absolute atomic E-state index is 0.0477. The van der Waals surface area contributed by atoms with E-state index in [0.717, 1.165) is 6.26 Å². The molecule has 1 unspecified atom stereocenters. The van der Waals surface area contributed by atoms with Crippen LogP contribution in [-0.4, -0.2) is 20.8 Å².